The van der Waals surface area contributed by atoms with Crippen LogP contribution in [0.2, 0.25) is 0 Å². The second kappa shape index (κ2) is 9.04. The summed E-state index contributed by atoms with van der Waals surface area (Å²) in [6, 6.07) is 8.05. The van der Waals surface area contributed by atoms with Crippen LogP contribution in [0.4, 0.5) is 8.78 Å². The van der Waals surface area contributed by atoms with Gasteiger partial charge in [-0.05, 0) is 30.2 Å². The fourth-order valence-electron chi connectivity index (χ4n) is 1.72. The molecule has 0 spiro atoms. The fourth-order valence-corrected chi connectivity index (χ4v) is 2.36. The third-order valence-corrected chi connectivity index (χ3v) is 3.63. The number of alkyl halides is 2. The summed E-state index contributed by atoms with van der Waals surface area (Å²) >= 11 is 1.26. The van der Waals surface area contributed by atoms with Crippen LogP contribution in [0.25, 0.3) is 0 Å². The van der Waals surface area contributed by atoms with Crippen molar-refractivity contribution in [3.8, 4) is 5.75 Å². The molecule has 1 N–H and O–H groups in total. The van der Waals surface area contributed by atoms with Crippen LogP contribution in [0, 0.1) is 0 Å². The maximum absolute atomic E-state index is 12.0. The lowest BCUT2D eigenvalue weighted by molar-refractivity contribution is -0.118. The lowest BCUT2D eigenvalue weighted by atomic mass is 10.1. The normalized spacial score (nSPS) is 10.6. The number of nitrogens with zero attached hydrogens (tertiary/aromatic N) is 2. The lowest BCUT2D eigenvalue weighted by Crippen LogP contribution is -2.27. The molecule has 23 heavy (non-hydrogen) atoms. The lowest BCUT2D eigenvalue weighted by Gasteiger charge is -2.07. The van der Waals surface area contributed by atoms with Crippen molar-refractivity contribution in [2.45, 2.75) is 18.2 Å². The molecular weight excluding hydrogens is 324 g/mol. The predicted molar refractivity (Wildman–Crippen MR) is 82.5 cm³/mol. The number of amides is 1. The summed E-state index contributed by atoms with van der Waals surface area (Å²) in [7, 11) is 0. The number of ether oxygens (including phenoxy) is 1. The van der Waals surface area contributed by atoms with Crippen molar-refractivity contribution in [3.63, 3.8) is 0 Å². The second-order valence-electron chi connectivity index (χ2n) is 4.44. The summed E-state index contributed by atoms with van der Waals surface area (Å²) in [6.45, 7) is -2.37. The first-order valence-electron chi connectivity index (χ1n) is 6.84. The van der Waals surface area contributed by atoms with E-state index < -0.39 is 6.61 Å². The molecule has 0 bridgehead atoms. The predicted octanol–water partition coefficient (Wildman–Crippen LogP) is 2.53. The Balaban J connectivity index is 1.67. The number of carbonyl (C=O) groups is 1. The van der Waals surface area contributed by atoms with Crippen molar-refractivity contribution >= 4 is 17.7 Å². The van der Waals surface area contributed by atoms with Gasteiger partial charge in [0.25, 0.3) is 0 Å². The second-order valence-corrected chi connectivity index (χ2v) is 5.38. The molecule has 2 aromatic rings. The Morgan fingerprint density at radius 1 is 1.22 bits per heavy atom. The maximum atomic E-state index is 12.0. The molecule has 1 aromatic carbocycles. The Morgan fingerprint density at radius 3 is 2.57 bits per heavy atom. The number of thioether (sulfide) groups is 1. The van der Waals surface area contributed by atoms with E-state index >= 15 is 0 Å². The van der Waals surface area contributed by atoms with E-state index in [9.17, 15) is 13.6 Å². The molecule has 1 amide bonds. The first kappa shape index (κ1) is 17.1. The topological polar surface area (TPSA) is 64.1 Å². The third kappa shape index (κ3) is 6.60. The zero-order valence-corrected chi connectivity index (χ0v) is 12.9. The molecule has 0 saturated heterocycles. The van der Waals surface area contributed by atoms with Gasteiger partial charge in [0, 0.05) is 18.9 Å². The van der Waals surface area contributed by atoms with Gasteiger partial charge in [-0.25, -0.2) is 9.97 Å². The average molecular weight is 339 g/mol. The average Bonchev–Trinajstić information content (AvgIpc) is 2.55. The minimum Gasteiger partial charge on any atom is -0.435 e. The molecule has 0 atom stereocenters. The van der Waals surface area contributed by atoms with Crippen molar-refractivity contribution in [1.82, 2.24) is 15.3 Å². The van der Waals surface area contributed by atoms with Crippen molar-refractivity contribution < 1.29 is 18.3 Å². The number of aromatic nitrogens is 2. The molecule has 0 aliphatic carbocycles. The van der Waals surface area contributed by atoms with E-state index in [-0.39, 0.29) is 17.4 Å². The monoisotopic (exact) mass is 339 g/mol. The van der Waals surface area contributed by atoms with E-state index in [2.05, 4.69) is 20.0 Å². The number of nitrogens with one attached hydrogen (secondary N) is 1. The van der Waals surface area contributed by atoms with Gasteiger partial charge in [0.05, 0.1) is 5.75 Å². The highest BCUT2D eigenvalue weighted by Crippen LogP contribution is 2.15. The van der Waals surface area contributed by atoms with Gasteiger partial charge in [0.2, 0.25) is 5.91 Å². The smallest absolute Gasteiger partial charge is 0.387 e. The van der Waals surface area contributed by atoms with Crippen LogP contribution >= 0.6 is 11.8 Å². The van der Waals surface area contributed by atoms with Crippen molar-refractivity contribution in [1.29, 1.82) is 0 Å². The maximum Gasteiger partial charge on any atom is 0.387 e. The van der Waals surface area contributed by atoms with Crippen molar-refractivity contribution in [3.05, 3.63) is 48.3 Å². The van der Waals surface area contributed by atoms with Gasteiger partial charge in [0.15, 0.2) is 5.16 Å². The summed E-state index contributed by atoms with van der Waals surface area (Å²) in [5.74, 6) is 0.248. The van der Waals surface area contributed by atoms with E-state index in [4.69, 9.17) is 0 Å². The molecule has 122 valence electrons. The van der Waals surface area contributed by atoms with Crippen molar-refractivity contribution in [2.75, 3.05) is 12.3 Å². The molecule has 0 aliphatic rings. The number of rotatable bonds is 8. The summed E-state index contributed by atoms with van der Waals surface area (Å²) in [4.78, 5) is 19.7. The molecule has 0 fully saturated rings. The van der Waals surface area contributed by atoms with E-state index in [0.717, 1.165) is 5.56 Å². The van der Waals surface area contributed by atoms with Crippen LogP contribution in [-0.4, -0.2) is 34.8 Å². The van der Waals surface area contributed by atoms with Crippen LogP contribution in [0.15, 0.2) is 47.9 Å². The minimum absolute atomic E-state index is 0.111. The van der Waals surface area contributed by atoms with Gasteiger partial charge in [-0.2, -0.15) is 8.78 Å². The largest absolute Gasteiger partial charge is 0.435 e. The van der Waals surface area contributed by atoms with Gasteiger partial charge < -0.3 is 10.1 Å². The van der Waals surface area contributed by atoms with Gasteiger partial charge in [-0.1, -0.05) is 23.9 Å². The third-order valence-electron chi connectivity index (χ3n) is 2.76. The Hall–Kier alpha value is -2.22. The Labute approximate surface area is 136 Å². The summed E-state index contributed by atoms with van der Waals surface area (Å²) in [6.07, 6.45) is 3.84. The first-order chi connectivity index (χ1) is 11.1. The zero-order chi connectivity index (χ0) is 16.5. The number of halogens is 2. The van der Waals surface area contributed by atoms with Gasteiger partial charge in [-0.15, -0.1) is 0 Å². The van der Waals surface area contributed by atoms with Gasteiger partial charge in [0.1, 0.15) is 5.75 Å². The van der Waals surface area contributed by atoms with Crippen LogP contribution in [0.1, 0.15) is 5.56 Å². The molecule has 0 unspecified atom stereocenters. The number of benzene rings is 1. The summed E-state index contributed by atoms with van der Waals surface area (Å²) in [5.41, 5.74) is 0.922. The van der Waals surface area contributed by atoms with Crippen LogP contribution in [-0.2, 0) is 11.2 Å². The fraction of sp³-hybridized carbons (Fsp3) is 0.267. The zero-order valence-electron chi connectivity index (χ0n) is 12.1. The molecule has 2 rings (SSSR count). The Kier molecular flexibility index (Phi) is 6.74. The minimum atomic E-state index is -2.83. The Morgan fingerprint density at radius 2 is 1.91 bits per heavy atom. The standard InChI is InChI=1S/C15H15F2N3O2S/c16-14(17)22-12-4-2-11(3-5-12)6-9-18-13(21)10-23-15-19-7-1-8-20-15/h1-5,7-8,14H,6,9-10H2,(H,18,21). The van der Waals surface area contributed by atoms with E-state index in [1.165, 1.54) is 23.9 Å². The molecule has 0 aliphatic heterocycles. The quantitative estimate of drug-likeness (QED) is 0.591. The molecule has 5 nitrogen and oxygen atoms in total. The number of hydrogen-bond acceptors (Lipinski definition) is 5. The van der Waals surface area contributed by atoms with Gasteiger partial charge in [-0.3, -0.25) is 4.79 Å². The molecule has 8 heteroatoms. The Bertz CT molecular complexity index is 612. The molecule has 0 saturated carbocycles. The molecule has 0 radical (unpaired) electrons. The summed E-state index contributed by atoms with van der Waals surface area (Å²) < 4.78 is 28.3. The highest BCUT2D eigenvalue weighted by atomic mass is 32.2. The summed E-state index contributed by atoms with van der Waals surface area (Å²) in [5, 5.41) is 3.33. The molecular formula is C15H15F2N3O2S. The van der Waals surface area contributed by atoms with Crippen LogP contribution < -0.4 is 10.1 Å². The number of hydrogen-bond donors (Lipinski definition) is 1. The highest BCUT2D eigenvalue weighted by Gasteiger charge is 2.05. The van der Waals surface area contributed by atoms with E-state index in [1.807, 2.05) is 0 Å². The number of carbonyl (C=O) groups excluding carboxylic acids is 1. The van der Waals surface area contributed by atoms with Gasteiger partial charge >= 0.3 is 6.61 Å². The highest BCUT2D eigenvalue weighted by molar-refractivity contribution is 7.99. The SMILES string of the molecule is O=C(CSc1ncccn1)NCCc1ccc(OC(F)F)cc1. The van der Waals surface area contributed by atoms with Crippen LogP contribution in [0.5, 0.6) is 5.75 Å². The van der Waals surface area contributed by atoms with E-state index in [1.54, 1.807) is 30.6 Å². The van der Waals surface area contributed by atoms with E-state index in [0.29, 0.717) is 18.1 Å². The first-order valence-corrected chi connectivity index (χ1v) is 7.82. The molecule has 1 heterocycles. The van der Waals surface area contributed by atoms with Crippen LogP contribution in [0.3, 0.4) is 0 Å². The molecule has 1 aromatic heterocycles. The van der Waals surface area contributed by atoms with Crippen molar-refractivity contribution in [2.24, 2.45) is 0 Å².